The molecule has 45 heavy (non-hydrogen) atoms. The van der Waals surface area contributed by atoms with Crippen LogP contribution in [0.1, 0.15) is 5.56 Å². The van der Waals surface area contributed by atoms with Gasteiger partial charge in [-0.3, -0.25) is 0 Å². The maximum atomic E-state index is 6.15. The third kappa shape index (κ3) is 6.70. The minimum Gasteiger partial charge on any atom is -0.497 e. The normalized spacial score (nSPS) is 10.6. The summed E-state index contributed by atoms with van der Waals surface area (Å²) < 4.78 is 6.15. The van der Waals surface area contributed by atoms with Crippen molar-refractivity contribution in [2.24, 2.45) is 0 Å². The molecular weight excluding hydrogens is 732 g/mol. The Morgan fingerprint density at radius 1 is 0.489 bits per heavy atom. The van der Waals surface area contributed by atoms with Crippen molar-refractivity contribution < 1.29 is 25.8 Å². The first-order valence-corrected chi connectivity index (χ1v) is 14.6. The molecule has 218 valence electrons. The van der Waals surface area contributed by atoms with Crippen molar-refractivity contribution in [3.05, 3.63) is 170 Å². The van der Waals surface area contributed by atoms with Crippen LogP contribution >= 0.6 is 0 Å². The monoisotopic (exact) mass is 759 g/mol. The van der Waals surface area contributed by atoms with E-state index in [-0.39, 0.29) is 21.1 Å². The van der Waals surface area contributed by atoms with Crippen LogP contribution in [-0.2, 0) is 21.1 Å². The Kier molecular flexibility index (Phi) is 9.10. The Morgan fingerprint density at radius 2 is 1.13 bits per heavy atom. The fourth-order valence-electron chi connectivity index (χ4n) is 5.36. The van der Waals surface area contributed by atoms with Crippen LogP contribution in [0.2, 0.25) is 0 Å². The van der Waals surface area contributed by atoms with E-state index in [1.54, 1.807) is 6.20 Å². The average molecular weight is 760 g/mol. The number of aryl methyl sites for hydroxylation is 1. The number of benzene rings is 5. The number of pyridine rings is 2. The summed E-state index contributed by atoms with van der Waals surface area (Å²) >= 11 is 0. The van der Waals surface area contributed by atoms with Gasteiger partial charge < -0.3 is 14.7 Å². The van der Waals surface area contributed by atoms with E-state index in [1.165, 1.54) is 27.8 Å². The first-order chi connectivity index (χ1) is 21.7. The Labute approximate surface area is 278 Å². The minimum absolute atomic E-state index is 0. The molecule has 0 fully saturated rings. The van der Waals surface area contributed by atoms with Crippen molar-refractivity contribution in [1.29, 1.82) is 0 Å². The van der Waals surface area contributed by atoms with Gasteiger partial charge in [0.25, 0.3) is 0 Å². The molecule has 2 aromatic heterocycles. The van der Waals surface area contributed by atoms with E-state index in [1.807, 2.05) is 72.9 Å². The molecule has 7 rings (SSSR count). The molecule has 0 N–H and O–H groups in total. The van der Waals surface area contributed by atoms with E-state index in [4.69, 9.17) is 9.72 Å². The Balaban J connectivity index is 0.00000357. The topological polar surface area (TPSA) is 35.0 Å². The van der Waals surface area contributed by atoms with Crippen LogP contribution in [0.3, 0.4) is 0 Å². The zero-order valence-electron chi connectivity index (χ0n) is 24.6. The second-order valence-electron chi connectivity index (χ2n) is 10.5. The summed E-state index contributed by atoms with van der Waals surface area (Å²) in [4.78, 5) is 9.27. The van der Waals surface area contributed by atoms with Gasteiger partial charge in [-0.2, -0.15) is 0 Å². The summed E-state index contributed by atoms with van der Waals surface area (Å²) in [7, 11) is 0. The molecule has 7 aromatic rings. The average Bonchev–Trinajstić information content (AvgIpc) is 3.10. The van der Waals surface area contributed by atoms with E-state index >= 15 is 0 Å². The van der Waals surface area contributed by atoms with E-state index in [9.17, 15) is 0 Å². The quantitative estimate of drug-likeness (QED) is 0.152. The Bertz CT molecular complexity index is 2040. The molecule has 0 aliphatic rings. The van der Waals surface area contributed by atoms with Gasteiger partial charge in [-0.1, -0.05) is 103 Å². The molecule has 0 unspecified atom stereocenters. The van der Waals surface area contributed by atoms with Gasteiger partial charge in [0.05, 0.1) is 0 Å². The third-order valence-corrected chi connectivity index (χ3v) is 7.61. The molecule has 0 aliphatic carbocycles. The van der Waals surface area contributed by atoms with Crippen LogP contribution in [-0.4, -0.2) is 9.97 Å². The number of ether oxygens (including phenoxy) is 1. The third-order valence-electron chi connectivity index (χ3n) is 7.61. The van der Waals surface area contributed by atoms with Gasteiger partial charge >= 0.3 is 21.1 Å². The Morgan fingerprint density at radius 3 is 1.80 bits per heavy atom. The fraction of sp³-hybridized carbons (Fsp3) is 0.0244. The van der Waals surface area contributed by atoms with Crippen molar-refractivity contribution >= 4 is 0 Å². The van der Waals surface area contributed by atoms with Crippen molar-refractivity contribution in [1.82, 2.24) is 9.97 Å². The van der Waals surface area contributed by atoms with E-state index in [0.717, 1.165) is 33.6 Å². The van der Waals surface area contributed by atoms with Crippen molar-refractivity contribution in [2.45, 2.75) is 6.92 Å². The predicted molar refractivity (Wildman–Crippen MR) is 178 cm³/mol. The zero-order chi connectivity index (χ0) is 29.7. The predicted octanol–water partition coefficient (Wildman–Crippen LogP) is 10.5. The van der Waals surface area contributed by atoms with Gasteiger partial charge in [0.15, 0.2) is 0 Å². The molecule has 0 atom stereocenters. The number of aromatic nitrogens is 2. The number of nitrogens with zero attached hydrogens (tertiary/aromatic N) is 2. The Hall–Kier alpha value is -5.11. The first kappa shape index (κ1) is 29.9. The molecule has 5 aromatic carbocycles. The molecular formula is C41H28N2OPt. The van der Waals surface area contributed by atoms with E-state index in [0.29, 0.717) is 11.5 Å². The molecule has 0 aliphatic heterocycles. The summed E-state index contributed by atoms with van der Waals surface area (Å²) in [5, 5.41) is 0. The van der Waals surface area contributed by atoms with Crippen LogP contribution < -0.4 is 4.74 Å². The van der Waals surface area contributed by atoms with Gasteiger partial charge in [0.1, 0.15) is 0 Å². The summed E-state index contributed by atoms with van der Waals surface area (Å²) in [6.45, 7) is 2.17. The van der Waals surface area contributed by atoms with Crippen molar-refractivity contribution in [3.8, 4) is 67.4 Å². The van der Waals surface area contributed by atoms with Crippen LogP contribution in [0.15, 0.2) is 152 Å². The SMILES string of the molecule is Cc1ccc(-c2ccccc2)cc1-c1ccccc1-c1ccc(-c2[c-]c(Oc3[c-]c(-c4ccccn4)ccc3)ccc2)nc1.[Pt+2]. The molecule has 0 bridgehead atoms. The van der Waals surface area contributed by atoms with Crippen molar-refractivity contribution in [2.75, 3.05) is 0 Å². The smallest absolute Gasteiger partial charge is 0.497 e. The zero-order valence-corrected chi connectivity index (χ0v) is 26.8. The van der Waals surface area contributed by atoms with E-state index in [2.05, 4.69) is 96.8 Å². The summed E-state index contributed by atoms with van der Waals surface area (Å²) in [6.07, 6.45) is 3.71. The van der Waals surface area contributed by atoms with Gasteiger partial charge in [-0.15, -0.1) is 47.5 Å². The fourth-order valence-corrected chi connectivity index (χ4v) is 5.36. The van der Waals surface area contributed by atoms with Crippen LogP contribution in [0, 0.1) is 19.1 Å². The van der Waals surface area contributed by atoms with Crippen LogP contribution in [0.5, 0.6) is 11.5 Å². The van der Waals surface area contributed by atoms with Crippen LogP contribution in [0.4, 0.5) is 0 Å². The molecule has 3 nitrogen and oxygen atoms in total. The molecule has 2 heterocycles. The van der Waals surface area contributed by atoms with E-state index < -0.39 is 0 Å². The molecule has 4 heteroatoms. The molecule has 0 spiro atoms. The summed E-state index contributed by atoms with van der Waals surface area (Å²) in [6, 6.07) is 54.0. The maximum Gasteiger partial charge on any atom is 2.00 e. The van der Waals surface area contributed by atoms with Gasteiger partial charge in [-0.05, 0) is 69.4 Å². The molecule has 0 amide bonds. The number of rotatable bonds is 7. The van der Waals surface area contributed by atoms with Gasteiger partial charge in [0, 0.05) is 23.9 Å². The minimum atomic E-state index is 0. The van der Waals surface area contributed by atoms with Crippen LogP contribution in [0.25, 0.3) is 55.9 Å². The maximum absolute atomic E-state index is 6.15. The van der Waals surface area contributed by atoms with Gasteiger partial charge in [-0.25, -0.2) is 0 Å². The number of hydrogen-bond donors (Lipinski definition) is 0. The molecule has 0 saturated carbocycles. The standard InChI is InChI=1S/C41H28N2O.Pt/c1-29-20-21-31(30-11-3-2-4-12-30)27-39(29)38-18-6-5-17-37(38)34-22-23-41(43-28-34)33-14-10-16-36(26-33)44-35-15-9-13-32(25-35)40-19-7-8-24-42-40;/h2-24,27-28H,1H3;/q-2;+2. The molecule has 0 saturated heterocycles. The largest absolute Gasteiger partial charge is 2.00 e. The first-order valence-electron chi connectivity index (χ1n) is 14.6. The number of hydrogen-bond acceptors (Lipinski definition) is 3. The summed E-state index contributed by atoms with van der Waals surface area (Å²) in [5.74, 6) is 1.20. The second-order valence-corrected chi connectivity index (χ2v) is 10.5. The van der Waals surface area contributed by atoms with Gasteiger partial charge in [0.2, 0.25) is 0 Å². The van der Waals surface area contributed by atoms with Crippen molar-refractivity contribution in [3.63, 3.8) is 0 Å². The molecule has 0 radical (unpaired) electrons. The second kappa shape index (κ2) is 13.7. The summed E-state index contributed by atoms with van der Waals surface area (Å²) in [5.41, 5.74) is 11.6.